The standard InChI is InChI=1S/C31H32FN3O5/c1-19-27(18-25-24-17-22(32)12-13-26(24)35-29(25)37)34-20(2)28(19)30(38)33-15-8-4-7-11-23(36)14-16-40-31(39)21-9-5-3-6-10-21/h3,5-6,9-10,12-13,17-18,34H,4,7-8,11,14-16H2,1-2H3,(H,33,38)(H,35,37)/b25-18-. The Bertz CT molecular complexity index is 1460. The van der Waals surface area contributed by atoms with Gasteiger partial charge in [-0.2, -0.15) is 0 Å². The molecular weight excluding hydrogens is 513 g/mol. The molecule has 40 heavy (non-hydrogen) atoms. The summed E-state index contributed by atoms with van der Waals surface area (Å²) in [6.07, 6.45) is 4.38. The number of hydrogen-bond donors (Lipinski definition) is 3. The molecule has 1 aromatic heterocycles. The molecular formula is C31H32FN3O5. The zero-order chi connectivity index (χ0) is 28.6. The summed E-state index contributed by atoms with van der Waals surface area (Å²) in [7, 11) is 0. The van der Waals surface area contributed by atoms with Crippen molar-refractivity contribution in [2.75, 3.05) is 18.5 Å². The van der Waals surface area contributed by atoms with E-state index in [-0.39, 0.29) is 30.6 Å². The van der Waals surface area contributed by atoms with E-state index in [1.54, 1.807) is 44.2 Å². The highest BCUT2D eigenvalue weighted by Crippen LogP contribution is 2.34. The number of benzene rings is 2. The summed E-state index contributed by atoms with van der Waals surface area (Å²) in [5.74, 6) is -1.40. The lowest BCUT2D eigenvalue weighted by molar-refractivity contribution is -0.119. The summed E-state index contributed by atoms with van der Waals surface area (Å²) in [5, 5.41) is 5.64. The summed E-state index contributed by atoms with van der Waals surface area (Å²) >= 11 is 0. The number of esters is 1. The Labute approximate surface area is 232 Å². The molecule has 0 atom stereocenters. The fourth-order valence-electron chi connectivity index (χ4n) is 4.66. The van der Waals surface area contributed by atoms with Gasteiger partial charge in [-0.15, -0.1) is 0 Å². The number of ether oxygens (including phenoxy) is 1. The molecule has 1 aliphatic heterocycles. The Morgan fingerprint density at radius 2 is 1.77 bits per heavy atom. The van der Waals surface area contributed by atoms with E-state index in [9.17, 15) is 23.6 Å². The number of carbonyl (C=O) groups is 4. The largest absolute Gasteiger partial charge is 0.462 e. The molecule has 0 fully saturated rings. The van der Waals surface area contributed by atoms with Crippen molar-refractivity contribution in [1.82, 2.24) is 10.3 Å². The lowest BCUT2D eigenvalue weighted by Gasteiger charge is -2.07. The molecule has 2 aromatic carbocycles. The minimum atomic E-state index is -0.439. The molecule has 0 saturated carbocycles. The van der Waals surface area contributed by atoms with E-state index in [2.05, 4.69) is 15.6 Å². The number of Topliss-reactive ketones (excluding diaryl/α,β-unsaturated/α-hetero) is 1. The molecule has 2 amide bonds. The first-order valence-electron chi connectivity index (χ1n) is 13.3. The fourth-order valence-corrected chi connectivity index (χ4v) is 4.66. The molecule has 0 unspecified atom stereocenters. The van der Waals surface area contributed by atoms with E-state index in [1.807, 2.05) is 6.07 Å². The van der Waals surface area contributed by atoms with Crippen LogP contribution in [0, 0.1) is 19.7 Å². The van der Waals surface area contributed by atoms with Gasteiger partial charge in [-0.1, -0.05) is 24.6 Å². The number of unbranched alkanes of at least 4 members (excludes halogenated alkanes) is 2. The Hall–Kier alpha value is -4.53. The van der Waals surface area contributed by atoms with Gasteiger partial charge in [-0.25, -0.2) is 9.18 Å². The van der Waals surface area contributed by atoms with Crippen molar-refractivity contribution >= 4 is 40.9 Å². The van der Waals surface area contributed by atoms with Crippen LogP contribution in [0.1, 0.15) is 75.3 Å². The minimum Gasteiger partial charge on any atom is -0.462 e. The van der Waals surface area contributed by atoms with E-state index in [4.69, 9.17) is 4.74 Å². The van der Waals surface area contributed by atoms with Crippen LogP contribution in [0.5, 0.6) is 0 Å². The third-order valence-electron chi connectivity index (χ3n) is 6.80. The average molecular weight is 546 g/mol. The van der Waals surface area contributed by atoms with Crippen LogP contribution in [-0.4, -0.2) is 41.7 Å². The number of aromatic nitrogens is 1. The molecule has 3 aromatic rings. The first kappa shape index (κ1) is 28.5. The molecule has 4 rings (SSSR count). The van der Waals surface area contributed by atoms with Crippen LogP contribution >= 0.6 is 0 Å². The molecule has 0 aliphatic carbocycles. The highest BCUT2D eigenvalue weighted by molar-refractivity contribution is 6.34. The third-order valence-corrected chi connectivity index (χ3v) is 6.80. The summed E-state index contributed by atoms with van der Waals surface area (Å²) in [5.41, 5.74) is 4.28. The zero-order valence-electron chi connectivity index (χ0n) is 22.6. The zero-order valence-corrected chi connectivity index (χ0v) is 22.6. The van der Waals surface area contributed by atoms with Crippen molar-refractivity contribution in [1.29, 1.82) is 0 Å². The van der Waals surface area contributed by atoms with Gasteiger partial charge in [0.2, 0.25) is 0 Å². The number of aryl methyl sites for hydroxylation is 1. The maximum absolute atomic E-state index is 13.8. The van der Waals surface area contributed by atoms with E-state index in [1.165, 1.54) is 18.2 Å². The summed E-state index contributed by atoms with van der Waals surface area (Å²) in [6.45, 7) is 4.10. The summed E-state index contributed by atoms with van der Waals surface area (Å²) < 4.78 is 18.9. The van der Waals surface area contributed by atoms with Gasteiger partial charge >= 0.3 is 5.97 Å². The molecule has 9 heteroatoms. The first-order valence-corrected chi connectivity index (χ1v) is 13.3. The Kier molecular flexibility index (Phi) is 9.27. The van der Waals surface area contributed by atoms with Gasteiger partial charge in [-0.3, -0.25) is 14.4 Å². The molecule has 8 nitrogen and oxygen atoms in total. The van der Waals surface area contributed by atoms with Gasteiger partial charge in [0.05, 0.1) is 23.3 Å². The second-order valence-corrected chi connectivity index (χ2v) is 9.72. The van der Waals surface area contributed by atoms with Crippen LogP contribution < -0.4 is 10.6 Å². The van der Waals surface area contributed by atoms with E-state index >= 15 is 0 Å². The van der Waals surface area contributed by atoms with Crippen LogP contribution in [-0.2, 0) is 14.3 Å². The number of nitrogens with one attached hydrogen (secondary N) is 3. The number of hydrogen-bond acceptors (Lipinski definition) is 5. The molecule has 0 spiro atoms. The molecule has 208 valence electrons. The quantitative estimate of drug-likeness (QED) is 0.161. The van der Waals surface area contributed by atoms with Crippen LogP contribution in [0.4, 0.5) is 10.1 Å². The highest BCUT2D eigenvalue weighted by Gasteiger charge is 2.26. The Morgan fingerprint density at radius 3 is 2.55 bits per heavy atom. The van der Waals surface area contributed by atoms with Gasteiger partial charge in [0, 0.05) is 42.0 Å². The normalized spacial score (nSPS) is 13.2. The number of anilines is 1. The average Bonchev–Trinajstić information content (AvgIpc) is 3.40. The summed E-state index contributed by atoms with van der Waals surface area (Å²) in [6, 6.07) is 12.8. The van der Waals surface area contributed by atoms with E-state index in [0.29, 0.717) is 70.7 Å². The number of fused-ring (bicyclic) bond motifs is 1. The molecule has 1 aliphatic rings. The predicted octanol–water partition coefficient (Wildman–Crippen LogP) is 5.37. The van der Waals surface area contributed by atoms with Crippen molar-refractivity contribution in [2.45, 2.75) is 46.0 Å². The first-order chi connectivity index (χ1) is 19.2. The number of ketones is 1. The van der Waals surface area contributed by atoms with Gasteiger partial charge in [-0.05, 0) is 68.7 Å². The van der Waals surface area contributed by atoms with Gasteiger partial charge in [0.15, 0.2) is 0 Å². The van der Waals surface area contributed by atoms with Crippen LogP contribution in [0.15, 0.2) is 48.5 Å². The van der Waals surface area contributed by atoms with Crippen molar-refractivity contribution in [2.24, 2.45) is 0 Å². The van der Waals surface area contributed by atoms with Gasteiger partial charge < -0.3 is 20.4 Å². The summed E-state index contributed by atoms with van der Waals surface area (Å²) in [4.78, 5) is 52.5. The predicted molar refractivity (Wildman–Crippen MR) is 150 cm³/mol. The van der Waals surface area contributed by atoms with Crippen molar-refractivity contribution in [3.63, 3.8) is 0 Å². The van der Waals surface area contributed by atoms with Crippen molar-refractivity contribution in [3.05, 3.63) is 88.0 Å². The van der Waals surface area contributed by atoms with Crippen molar-refractivity contribution < 1.29 is 28.3 Å². The Morgan fingerprint density at radius 1 is 1.00 bits per heavy atom. The van der Waals surface area contributed by atoms with Crippen LogP contribution in [0.2, 0.25) is 0 Å². The number of aromatic amines is 1. The SMILES string of the molecule is Cc1[nH]c(/C=C2\C(=O)Nc3ccc(F)cc32)c(C)c1C(=O)NCCCCCC(=O)CCOC(=O)c1ccccc1. The fraction of sp³-hybridized carbons (Fsp3) is 0.290. The monoisotopic (exact) mass is 545 g/mol. The number of rotatable bonds is 12. The molecule has 0 saturated heterocycles. The topological polar surface area (TPSA) is 117 Å². The Balaban J connectivity index is 1.20. The lowest BCUT2D eigenvalue weighted by Crippen LogP contribution is -2.25. The molecule has 2 heterocycles. The maximum Gasteiger partial charge on any atom is 0.338 e. The number of H-pyrrole nitrogens is 1. The van der Waals surface area contributed by atoms with Gasteiger partial charge in [0.25, 0.3) is 11.8 Å². The molecule has 3 N–H and O–H groups in total. The second-order valence-electron chi connectivity index (χ2n) is 9.72. The highest BCUT2D eigenvalue weighted by atomic mass is 19.1. The molecule has 0 radical (unpaired) electrons. The number of halogens is 1. The van der Waals surface area contributed by atoms with Crippen LogP contribution in [0.3, 0.4) is 0 Å². The maximum atomic E-state index is 13.8. The number of amides is 2. The smallest absolute Gasteiger partial charge is 0.338 e. The van der Waals surface area contributed by atoms with E-state index in [0.717, 1.165) is 6.42 Å². The van der Waals surface area contributed by atoms with Crippen LogP contribution in [0.25, 0.3) is 11.6 Å². The third kappa shape index (κ3) is 6.91. The minimum absolute atomic E-state index is 0.0337. The van der Waals surface area contributed by atoms with E-state index < -0.39 is 11.8 Å². The molecule has 0 bridgehead atoms. The number of carbonyl (C=O) groups excluding carboxylic acids is 4. The van der Waals surface area contributed by atoms with Gasteiger partial charge in [0.1, 0.15) is 11.6 Å². The van der Waals surface area contributed by atoms with Crippen molar-refractivity contribution in [3.8, 4) is 0 Å². The lowest BCUT2D eigenvalue weighted by atomic mass is 10.0. The second kappa shape index (κ2) is 13.0.